The topological polar surface area (TPSA) is 114 Å². The Kier molecular flexibility index (Phi) is 7.97. The minimum atomic E-state index is -1.44. The molecule has 26 heavy (non-hydrogen) atoms. The van der Waals surface area contributed by atoms with Crippen LogP contribution >= 0.6 is 0 Å². The second-order valence-corrected chi connectivity index (χ2v) is 4.73. The van der Waals surface area contributed by atoms with Crippen LogP contribution in [0, 0.1) is 0 Å². The SMILES string of the molecule is C=CC(=O)OC1OC[C@@H](OC(=O)C=C)[C@H](OC(=O)C=C)[C@H]1OC(=O)C=C. The van der Waals surface area contributed by atoms with E-state index in [4.69, 9.17) is 23.7 Å². The van der Waals surface area contributed by atoms with E-state index in [9.17, 15) is 19.2 Å². The maximum absolute atomic E-state index is 11.6. The van der Waals surface area contributed by atoms with Crippen molar-refractivity contribution in [3.8, 4) is 0 Å². The van der Waals surface area contributed by atoms with Gasteiger partial charge in [0.15, 0.2) is 12.2 Å². The molecule has 0 N–H and O–H groups in total. The molecule has 0 aromatic rings. The lowest BCUT2D eigenvalue weighted by Gasteiger charge is -2.39. The zero-order valence-electron chi connectivity index (χ0n) is 13.8. The minimum absolute atomic E-state index is 0.314. The van der Waals surface area contributed by atoms with Crippen LogP contribution in [-0.2, 0) is 42.9 Å². The van der Waals surface area contributed by atoms with Crippen LogP contribution in [0.1, 0.15) is 0 Å². The molecular formula is C17H18O9. The van der Waals surface area contributed by atoms with Crippen molar-refractivity contribution in [1.82, 2.24) is 0 Å². The molecule has 9 nitrogen and oxygen atoms in total. The van der Waals surface area contributed by atoms with Crippen molar-refractivity contribution in [3.05, 3.63) is 50.6 Å². The third-order valence-electron chi connectivity index (χ3n) is 3.05. The van der Waals surface area contributed by atoms with Gasteiger partial charge < -0.3 is 23.7 Å². The van der Waals surface area contributed by atoms with E-state index in [1.807, 2.05) is 0 Å². The van der Waals surface area contributed by atoms with Gasteiger partial charge in [-0.2, -0.15) is 0 Å². The summed E-state index contributed by atoms with van der Waals surface area (Å²) in [6, 6.07) is 0. The largest absolute Gasteiger partial charge is 0.453 e. The molecule has 0 aromatic carbocycles. The van der Waals surface area contributed by atoms with Crippen LogP contribution in [0.5, 0.6) is 0 Å². The zero-order valence-corrected chi connectivity index (χ0v) is 13.8. The van der Waals surface area contributed by atoms with E-state index < -0.39 is 48.5 Å². The van der Waals surface area contributed by atoms with Gasteiger partial charge in [0.05, 0.1) is 6.61 Å². The highest BCUT2D eigenvalue weighted by molar-refractivity contribution is 5.83. The van der Waals surface area contributed by atoms with Crippen molar-refractivity contribution in [2.75, 3.05) is 6.61 Å². The van der Waals surface area contributed by atoms with Crippen molar-refractivity contribution >= 4 is 23.9 Å². The first-order valence-corrected chi connectivity index (χ1v) is 7.30. The molecule has 9 heteroatoms. The Hall–Kier alpha value is -3.20. The molecule has 1 fully saturated rings. The van der Waals surface area contributed by atoms with Crippen LogP contribution in [0.2, 0.25) is 0 Å². The van der Waals surface area contributed by atoms with Gasteiger partial charge in [0, 0.05) is 24.3 Å². The number of carbonyl (C=O) groups is 4. The fraction of sp³-hybridized carbons (Fsp3) is 0.294. The maximum Gasteiger partial charge on any atom is 0.332 e. The molecule has 0 aliphatic carbocycles. The highest BCUT2D eigenvalue weighted by Gasteiger charge is 2.48. The van der Waals surface area contributed by atoms with Crippen molar-refractivity contribution in [2.45, 2.75) is 24.6 Å². The molecular weight excluding hydrogens is 348 g/mol. The fourth-order valence-electron chi connectivity index (χ4n) is 1.94. The van der Waals surface area contributed by atoms with Crippen molar-refractivity contribution in [1.29, 1.82) is 0 Å². The summed E-state index contributed by atoms with van der Waals surface area (Å²) in [5.74, 6) is -3.49. The number of hydrogen-bond acceptors (Lipinski definition) is 9. The Morgan fingerprint density at radius 1 is 0.692 bits per heavy atom. The Morgan fingerprint density at radius 3 is 1.62 bits per heavy atom. The molecule has 0 radical (unpaired) electrons. The number of hydrogen-bond donors (Lipinski definition) is 0. The Bertz CT molecular complexity index is 568. The summed E-state index contributed by atoms with van der Waals surface area (Å²) in [5, 5.41) is 0. The molecule has 1 rings (SSSR count). The third kappa shape index (κ3) is 5.71. The molecule has 0 amide bonds. The van der Waals surface area contributed by atoms with Crippen molar-refractivity contribution in [3.63, 3.8) is 0 Å². The lowest BCUT2D eigenvalue weighted by molar-refractivity contribution is -0.271. The van der Waals surface area contributed by atoms with Gasteiger partial charge in [-0.1, -0.05) is 26.3 Å². The van der Waals surface area contributed by atoms with Crippen LogP contribution < -0.4 is 0 Å². The first-order chi connectivity index (χ1) is 12.4. The summed E-state index contributed by atoms with van der Waals surface area (Å²) >= 11 is 0. The zero-order chi connectivity index (χ0) is 19.7. The summed E-state index contributed by atoms with van der Waals surface area (Å²) in [6.07, 6.45) is -1.92. The average molecular weight is 366 g/mol. The molecule has 1 unspecified atom stereocenters. The maximum atomic E-state index is 11.6. The smallest absolute Gasteiger partial charge is 0.332 e. The summed E-state index contributed by atoms with van der Waals surface area (Å²) < 4.78 is 25.5. The minimum Gasteiger partial charge on any atom is -0.453 e. The molecule has 0 saturated carbocycles. The van der Waals surface area contributed by atoms with Crippen LogP contribution in [0.15, 0.2) is 50.6 Å². The van der Waals surface area contributed by atoms with E-state index in [1.165, 1.54) is 0 Å². The fourth-order valence-corrected chi connectivity index (χ4v) is 1.94. The summed E-state index contributed by atoms with van der Waals surface area (Å²) in [6.45, 7) is 12.7. The molecule has 1 saturated heterocycles. The standard InChI is InChI=1S/C17H18O9/c1-5-11(18)23-10-9-22-17(26-14(21)8-4)16(25-13(20)7-3)15(10)24-12(19)6-2/h5-8,10,15-17H,1-4,9H2/t10-,15+,16-,17?/m1/s1. The van der Waals surface area contributed by atoms with Crippen LogP contribution in [0.4, 0.5) is 0 Å². The normalized spacial score (nSPS) is 24.3. The molecule has 1 aliphatic rings. The second-order valence-electron chi connectivity index (χ2n) is 4.73. The molecule has 4 atom stereocenters. The predicted octanol–water partition coefficient (Wildman–Crippen LogP) is 0.365. The van der Waals surface area contributed by atoms with E-state index in [0.29, 0.717) is 0 Å². The van der Waals surface area contributed by atoms with Gasteiger partial charge in [0.25, 0.3) is 0 Å². The molecule has 0 spiro atoms. The highest BCUT2D eigenvalue weighted by atomic mass is 16.7. The third-order valence-corrected chi connectivity index (χ3v) is 3.05. The number of esters is 4. The Balaban J connectivity index is 3.18. The molecule has 1 heterocycles. The summed E-state index contributed by atoms with van der Waals surface area (Å²) in [4.78, 5) is 46.2. The van der Waals surface area contributed by atoms with Crippen molar-refractivity contribution < 1.29 is 42.9 Å². The van der Waals surface area contributed by atoms with Crippen LogP contribution in [-0.4, -0.2) is 55.1 Å². The molecule has 1 aliphatic heterocycles. The Labute approximate surface area is 149 Å². The second kappa shape index (κ2) is 9.94. The van der Waals surface area contributed by atoms with Gasteiger partial charge in [0.2, 0.25) is 12.4 Å². The van der Waals surface area contributed by atoms with Gasteiger partial charge >= 0.3 is 23.9 Å². The summed E-state index contributed by atoms with van der Waals surface area (Å²) in [7, 11) is 0. The van der Waals surface area contributed by atoms with Gasteiger partial charge in [-0.15, -0.1) is 0 Å². The first-order valence-electron chi connectivity index (χ1n) is 7.30. The van der Waals surface area contributed by atoms with Gasteiger partial charge in [-0.3, -0.25) is 0 Å². The van der Waals surface area contributed by atoms with Crippen LogP contribution in [0.3, 0.4) is 0 Å². The molecule has 0 bridgehead atoms. The van der Waals surface area contributed by atoms with E-state index in [1.54, 1.807) is 0 Å². The Morgan fingerprint density at radius 2 is 1.12 bits per heavy atom. The van der Waals surface area contributed by atoms with E-state index in [0.717, 1.165) is 24.3 Å². The lowest BCUT2D eigenvalue weighted by atomic mass is 10.0. The number of ether oxygens (including phenoxy) is 5. The molecule has 140 valence electrons. The van der Waals surface area contributed by atoms with Crippen molar-refractivity contribution in [2.24, 2.45) is 0 Å². The van der Waals surface area contributed by atoms with Crippen LogP contribution in [0.25, 0.3) is 0 Å². The summed E-state index contributed by atoms with van der Waals surface area (Å²) in [5.41, 5.74) is 0. The highest BCUT2D eigenvalue weighted by Crippen LogP contribution is 2.25. The first kappa shape index (κ1) is 20.8. The van der Waals surface area contributed by atoms with Gasteiger partial charge in [-0.25, -0.2) is 19.2 Å². The van der Waals surface area contributed by atoms with E-state index in [-0.39, 0.29) is 6.61 Å². The van der Waals surface area contributed by atoms with Gasteiger partial charge in [-0.05, 0) is 0 Å². The predicted molar refractivity (Wildman–Crippen MR) is 86.3 cm³/mol. The van der Waals surface area contributed by atoms with E-state index in [2.05, 4.69) is 26.3 Å². The quantitative estimate of drug-likeness (QED) is 0.341. The molecule has 0 aromatic heterocycles. The monoisotopic (exact) mass is 366 g/mol. The number of carbonyl (C=O) groups excluding carboxylic acids is 4. The average Bonchev–Trinajstić information content (AvgIpc) is 2.65. The van der Waals surface area contributed by atoms with E-state index >= 15 is 0 Å². The van der Waals surface area contributed by atoms with Gasteiger partial charge in [0.1, 0.15) is 0 Å². The number of rotatable bonds is 8. The lowest BCUT2D eigenvalue weighted by Crippen LogP contribution is -2.58.